The van der Waals surface area contributed by atoms with Crippen molar-refractivity contribution in [1.82, 2.24) is 4.98 Å². The van der Waals surface area contributed by atoms with E-state index < -0.39 is 5.82 Å². The molecule has 0 saturated heterocycles. The summed E-state index contributed by atoms with van der Waals surface area (Å²) in [6, 6.07) is 7.50. The van der Waals surface area contributed by atoms with Crippen LogP contribution in [0.3, 0.4) is 0 Å². The minimum absolute atomic E-state index is 0.0715. The number of H-pyrrole nitrogens is 1. The molecule has 1 heterocycles. The van der Waals surface area contributed by atoms with Gasteiger partial charge in [-0.1, -0.05) is 12.1 Å². The zero-order valence-corrected chi connectivity index (χ0v) is 9.74. The SMILES string of the molecule is O=C1C(Nc2ccccc2F)=CC(=O)c2[nH]ccc21. The van der Waals surface area contributed by atoms with Crippen LogP contribution in [-0.4, -0.2) is 16.6 Å². The predicted molar refractivity (Wildman–Crippen MR) is 67.6 cm³/mol. The van der Waals surface area contributed by atoms with Gasteiger partial charge in [0.1, 0.15) is 5.82 Å². The molecule has 0 bridgehead atoms. The summed E-state index contributed by atoms with van der Waals surface area (Å²) in [7, 11) is 0. The first kappa shape index (κ1) is 11.4. The van der Waals surface area contributed by atoms with Gasteiger partial charge in [-0.05, 0) is 18.2 Å². The normalized spacial score (nSPS) is 14.1. The van der Waals surface area contributed by atoms with Crippen LogP contribution in [0.5, 0.6) is 0 Å². The number of benzene rings is 1. The standard InChI is InChI=1S/C14H9FN2O2/c15-9-3-1-2-4-10(9)17-11-7-12(18)13-8(14(11)19)5-6-16-13/h1-7,16-17H. The molecule has 0 amide bonds. The van der Waals surface area contributed by atoms with Gasteiger partial charge in [0.25, 0.3) is 0 Å². The van der Waals surface area contributed by atoms with Crippen LogP contribution < -0.4 is 5.32 Å². The third-order valence-electron chi connectivity index (χ3n) is 2.90. The van der Waals surface area contributed by atoms with E-state index in [0.29, 0.717) is 5.56 Å². The maximum Gasteiger partial charge on any atom is 0.211 e. The molecule has 94 valence electrons. The van der Waals surface area contributed by atoms with Crippen LogP contribution in [0.1, 0.15) is 20.8 Å². The van der Waals surface area contributed by atoms with Crippen LogP contribution in [0.25, 0.3) is 0 Å². The highest BCUT2D eigenvalue weighted by molar-refractivity contribution is 6.24. The number of para-hydroxylation sites is 1. The highest BCUT2D eigenvalue weighted by Crippen LogP contribution is 2.23. The molecule has 1 aliphatic rings. The molecule has 1 aromatic heterocycles. The maximum atomic E-state index is 13.5. The number of fused-ring (bicyclic) bond motifs is 1. The Kier molecular flexibility index (Phi) is 2.52. The molecule has 2 N–H and O–H groups in total. The van der Waals surface area contributed by atoms with Gasteiger partial charge in [-0.3, -0.25) is 9.59 Å². The monoisotopic (exact) mass is 256 g/mol. The van der Waals surface area contributed by atoms with Gasteiger partial charge in [0, 0.05) is 12.3 Å². The predicted octanol–water partition coefficient (Wildman–Crippen LogP) is 2.53. The number of aromatic amines is 1. The number of carbonyl (C=O) groups excluding carboxylic acids is 2. The number of ketones is 2. The van der Waals surface area contributed by atoms with E-state index in [-0.39, 0.29) is 28.6 Å². The molecule has 0 unspecified atom stereocenters. The largest absolute Gasteiger partial charge is 0.358 e. The zero-order chi connectivity index (χ0) is 13.4. The Bertz CT molecular complexity index is 716. The first-order chi connectivity index (χ1) is 9.16. The van der Waals surface area contributed by atoms with Gasteiger partial charge in [0.05, 0.1) is 22.6 Å². The van der Waals surface area contributed by atoms with E-state index in [1.54, 1.807) is 12.1 Å². The topological polar surface area (TPSA) is 62.0 Å². The molecular weight excluding hydrogens is 247 g/mol. The molecular formula is C14H9FN2O2. The summed E-state index contributed by atoms with van der Waals surface area (Å²) in [6.07, 6.45) is 2.70. The van der Waals surface area contributed by atoms with Crippen molar-refractivity contribution in [2.45, 2.75) is 0 Å². The van der Waals surface area contributed by atoms with Gasteiger partial charge in [-0.2, -0.15) is 0 Å². The summed E-state index contributed by atoms with van der Waals surface area (Å²) in [6.45, 7) is 0. The van der Waals surface area contributed by atoms with Crippen LogP contribution in [0.15, 0.2) is 48.3 Å². The van der Waals surface area contributed by atoms with E-state index in [0.717, 1.165) is 0 Å². The molecule has 0 spiro atoms. The van der Waals surface area contributed by atoms with Crippen LogP contribution in [0, 0.1) is 5.82 Å². The van der Waals surface area contributed by atoms with Gasteiger partial charge in [-0.25, -0.2) is 4.39 Å². The summed E-state index contributed by atoms with van der Waals surface area (Å²) in [5, 5.41) is 2.66. The van der Waals surface area contributed by atoms with Gasteiger partial charge >= 0.3 is 0 Å². The van der Waals surface area contributed by atoms with Gasteiger partial charge in [0.15, 0.2) is 0 Å². The second-order valence-corrected chi connectivity index (χ2v) is 4.12. The number of hydrogen-bond donors (Lipinski definition) is 2. The molecule has 5 heteroatoms. The van der Waals surface area contributed by atoms with Crippen molar-refractivity contribution >= 4 is 17.3 Å². The van der Waals surface area contributed by atoms with Crippen molar-refractivity contribution in [1.29, 1.82) is 0 Å². The number of hydrogen-bond acceptors (Lipinski definition) is 3. The Hall–Kier alpha value is -2.69. The van der Waals surface area contributed by atoms with Crippen molar-refractivity contribution in [3.8, 4) is 0 Å². The average Bonchev–Trinajstić information content (AvgIpc) is 2.88. The first-order valence-corrected chi connectivity index (χ1v) is 5.66. The summed E-state index contributed by atoms with van der Waals surface area (Å²) in [5.74, 6) is -1.12. The van der Waals surface area contributed by atoms with Gasteiger partial charge in [0.2, 0.25) is 11.6 Å². The fraction of sp³-hybridized carbons (Fsp3) is 0. The first-order valence-electron chi connectivity index (χ1n) is 5.66. The lowest BCUT2D eigenvalue weighted by atomic mass is 9.99. The zero-order valence-electron chi connectivity index (χ0n) is 9.74. The average molecular weight is 256 g/mol. The van der Waals surface area contributed by atoms with Crippen molar-refractivity contribution in [3.63, 3.8) is 0 Å². The lowest BCUT2D eigenvalue weighted by Gasteiger charge is -2.14. The molecule has 4 nitrogen and oxygen atoms in total. The molecule has 19 heavy (non-hydrogen) atoms. The second-order valence-electron chi connectivity index (χ2n) is 4.12. The number of halogens is 1. The van der Waals surface area contributed by atoms with E-state index in [1.807, 2.05) is 0 Å². The smallest absolute Gasteiger partial charge is 0.211 e. The lowest BCUT2D eigenvalue weighted by molar-refractivity contribution is 0.0983. The fourth-order valence-corrected chi connectivity index (χ4v) is 1.98. The molecule has 0 radical (unpaired) electrons. The highest BCUT2D eigenvalue weighted by Gasteiger charge is 2.26. The summed E-state index contributed by atoms with van der Waals surface area (Å²) in [4.78, 5) is 26.6. The molecule has 1 aromatic carbocycles. The van der Waals surface area contributed by atoms with Crippen molar-refractivity contribution in [3.05, 3.63) is 65.4 Å². The number of Topliss-reactive ketones (excluding diaryl/α,β-unsaturated/α-hetero) is 1. The van der Waals surface area contributed by atoms with E-state index in [2.05, 4.69) is 10.3 Å². The second kappa shape index (κ2) is 4.20. The van der Waals surface area contributed by atoms with Crippen LogP contribution in [0.2, 0.25) is 0 Å². The lowest BCUT2D eigenvalue weighted by Crippen LogP contribution is -2.21. The van der Waals surface area contributed by atoms with Crippen molar-refractivity contribution in [2.75, 3.05) is 5.32 Å². The Morgan fingerprint density at radius 2 is 1.89 bits per heavy atom. The Labute approximate surface area is 108 Å². The number of aromatic nitrogens is 1. The third kappa shape index (κ3) is 1.85. The number of nitrogens with one attached hydrogen (secondary N) is 2. The summed E-state index contributed by atoms with van der Waals surface area (Å²) < 4.78 is 13.5. The van der Waals surface area contributed by atoms with Crippen LogP contribution in [-0.2, 0) is 0 Å². The summed E-state index contributed by atoms with van der Waals surface area (Å²) >= 11 is 0. The van der Waals surface area contributed by atoms with Crippen molar-refractivity contribution < 1.29 is 14.0 Å². The van der Waals surface area contributed by atoms with E-state index in [9.17, 15) is 14.0 Å². The van der Waals surface area contributed by atoms with Crippen LogP contribution >= 0.6 is 0 Å². The quantitative estimate of drug-likeness (QED) is 0.867. The Morgan fingerprint density at radius 1 is 1.11 bits per heavy atom. The molecule has 0 aliphatic heterocycles. The van der Waals surface area contributed by atoms with Crippen LogP contribution in [0.4, 0.5) is 10.1 Å². The molecule has 2 aromatic rings. The fourth-order valence-electron chi connectivity index (χ4n) is 1.98. The molecule has 0 fully saturated rings. The Balaban J connectivity index is 1.97. The van der Waals surface area contributed by atoms with E-state index in [4.69, 9.17) is 0 Å². The maximum absolute atomic E-state index is 13.5. The molecule has 0 saturated carbocycles. The molecule has 3 rings (SSSR count). The van der Waals surface area contributed by atoms with E-state index >= 15 is 0 Å². The molecule has 0 atom stereocenters. The highest BCUT2D eigenvalue weighted by atomic mass is 19.1. The van der Waals surface area contributed by atoms with E-state index in [1.165, 1.54) is 30.5 Å². The third-order valence-corrected chi connectivity index (χ3v) is 2.90. The van der Waals surface area contributed by atoms with Gasteiger partial charge in [-0.15, -0.1) is 0 Å². The summed E-state index contributed by atoms with van der Waals surface area (Å²) in [5.41, 5.74) is 0.798. The van der Waals surface area contributed by atoms with Crippen molar-refractivity contribution in [2.24, 2.45) is 0 Å². The number of anilines is 1. The van der Waals surface area contributed by atoms with Gasteiger partial charge < -0.3 is 10.3 Å². The number of rotatable bonds is 2. The number of allylic oxidation sites excluding steroid dienone is 2. The molecule has 1 aliphatic carbocycles. The Morgan fingerprint density at radius 3 is 2.68 bits per heavy atom. The minimum Gasteiger partial charge on any atom is -0.358 e. The minimum atomic E-state index is -0.483. The number of carbonyl (C=O) groups is 2.